The van der Waals surface area contributed by atoms with E-state index >= 15 is 0 Å². The maximum atomic E-state index is 10.3. The van der Waals surface area contributed by atoms with Crippen molar-refractivity contribution in [2.75, 3.05) is 0 Å². The molecule has 4 heteroatoms. The number of fused-ring (bicyclic) bond motifs is 6. The van der Waals surface area contributed by atoms with Gasteiger partial charge in [0, 0.05) is 47.7 Å². The molecule has 312 valence electrons. The molecule has 61 heavy (non-hydrogen) atoms. The van der Waals surface area contributed by atoms with Crippen LogP contribution in [-0.4, -0.2) is 26.0 Å². The predicted molar refractivity (Wildman–Crippen MR) is 265 cm³/mol. The van der Waals surface area contributed by atoms with Crippen molar-refractivity contribution in [3.05, 3.63) is 134 Å². The Hall–Kier alpha value is -4.77. The largest absolute Gasteiger partial charge is 0.378 e. The molecule has 1 aromatic heterocycles. The van der Waals surface area contributed by atoms with Crippen LogP contribution in [0.3, 0.4) is 0 Å². The Kier molecular flexibility index (Phi) is 13.9. The lowest BCUT2D eigenvalue weighted by molar-refractivity contribution is 0.143. The fourth-order valence-corrected chi connectivity index (χ4v) is 9.51. The van der Waals surface area contributed by atoms with Crippen LogP contribution in [0.1, 0.15) is 152 Å². The highest BCUT2D eigenvalue weighted by atomic mass is 127. The number of unbranched alkanes of at least 4 members (excludes halogenated alkanes) is 8. The summed E-state index contributed by atoms with van der Waals surface area (Å²) in [6, 6.07) is 35.0. The zero-order chi connectivity index (χ0) is 43.2. The predicted octanol–water partition coefficient (Wildman–Crippen LogP) is 14.0. The Balaban J connectivity index is 1.23. The Morgan fingerprint density at radius 3 is 1.48 bits per heavy atom. The number of aromatic nitrogens is 1. The molecule has 0 radical (unpaired) electrons. The summed E-state index contributed by atoms with van der Waals surface area (Å²) >= 11 is 2.51. The molecule has 3 nitrogen and oxygen atoms in total. The average Bonchev–Trinajstić information content (AvgIpc) is 3.69. The molecule has 0 fully saturated rings. The minimum absolute atomic E-state index is 0.0252. The van der Waals surface area contributed by atoms with Gasteiger partial charge in [-0.15, -0.1) is 0 Å². The second-order valence-corrected chi connectivity index (χ2v) is 19.3. The van der Waals surface area contributed by atoms with Crippen molar-refractivity contribution in [3.8, 4) is 52.3 Å². The van der Waals surface area contributed by atoms with Gasteiger partial charge in [-0.05, 0) is 170 Å². The van der Waals surface area contributed by atoms with Crippen LogP contribution >= 0.6 is 22.6 Å². The first-order chi connectivity index (χ1) is 29.3. The van der Waals surface area contributed by atoms with Crippen molar-refractivity contribution in [1.29, 1.82) is 0 Å². The first kappa shape index (κ1) is 44.3. The molecule has 0 bridgehead atoms. The molecule has 0 saturated carbocycles. The van der Waals surface area contributed by atoms with Crippen LogP contribution in [0.2, 0.25) is 0 Å². The van der Waals surface area contributed by atoms with E-state index in [1.165, 1.54) is 103 Å². The van der Waals surface area contributed by atoms with Crippen molar-refractivity contribution in [2.45, 2.75) is 135 Å². The molecule has 0 spiro atoms. The van der Waals surface area contributed by atoms with Gasteiger partial charge in [0.2, 0.25) is 0 Å². The highest BCUT2D eigenvalue weighted by Crippen LogP contribution is 2.54. The maximum absolute atomic E-state index is 10.3. The first-order valence-electron chi connectivity index (χ1n) is 22.5. The molecular formula is C57H60INO2. The van der Waals surface area contributed by atoms with Crippen LogP contribution in [0.25, 0.3) is 38.6 Å². The third-order valence-electron chi connectivity index (χ3n) is 12.0. The number of hydrogen-bond donors (Lipinski definition) is 2. The van der Waals surface area contributed by atoms with Gasteiger partial charge in [0.1, 0.15) is 11.2 Å². The third kappa shape index (κ3) is 10.5. The molecule has 5 aromatic carbocycles. The summed E-state index contributed by atoms with van der Waals surface area (Å²) in [4.78, 5) is 0. The van der Waals surface area contributed by atoms with Crippen molar-refractivity contribution in [3.63, 3.8) is 0 Å². The zero-order valence-corrected chi connectivity index (χ0v) is 39.1. The van der Waals surface area contributed by atoms with Gasteiger partial charge in [-0.25, -0.2) is 0 Å². The van der Waals surface area contributed by atoms with E-state index < -0.39 is 11.2 Å². The number of nitrogens with zero attached hydrogens (tertiary/aromatic N) is 1. The van der Waals surface area contributed by atoms with Gasteiger partial charge >= 0.3 is 0 Å². The van der Waals surface area contributed by atoms with Gasteiger partial charge in [-0.3, -0.25) is 0 Å². The lowest BCUT2D eigenvalue weighted by Crippen LogP contribution is -2.26. The summed E-state index contributed by atoms with van der Waals surface area (Å²) in [5.74, 6) is 19.3. The van der Waals surface area contributed by atoms with Gasteiger partial charge < -0.3 is 14.8 Å². The molecule has 0 amide bonds. The van der Waals surface area contributed by atoms with E-state index in [0.717, 1.165) is 49.7 Å². The van der Waals surface area contributed by atoms with E-state index in [1.807, 2.05) is 12.1 Å². The highest BCUT2D eigenvalue weighted by Gasteiger charge is 2.42. The van der Waals surface area contributed by atoms with Crippen LogP contribution in [0.5, 0.6) is 0 Å². The normalized spacial score (nSPS) is 12.9. The smallest absolute Gasteiger partial charge is 0.120 e. The topological polar surface area (TPSA) is 45.4 Å². The number of halogens is 1. The average molecular weight is 918 g/mol. The maximum Gasteiger partial charge on any atom is 0.120 e. The second-order valence-electron chi connectivity index (χ2n) is 18.1. The molecule has 2 N–H and O–H groups in total. The molecular weight excluding hydrogens is 858 g/mol. The van der Waals surface area contributed by atoms with Crippen LogP contribution in [0, 0.1) is 39.1 Å². The summed E-state index contributed by atoms with van der Waals surface area (Å²) in [7, 11) is 0. The van der Waals surface area contributed by atoms with Crippen LogP contribution < -0.4 is 0 Å². The molecule has 0 saturated heterocycles. The molecule has 0 unspecified atom stereocenters. The Labute approximate surface area is 378 Å². The van der Waals surface area contributed by atoms with Gasteiger partial charge in [-0.1, -0.05) is 126 Å². The number of benzene rings is 5. The molecule has 7 rings (SSSR count). The van der Waals surface area contributed by atoms with Gasteiger partial charge in [0.25, 0.3) is 0 Å². The van der Waals surface area contributed by atoms with Crippen molar-refractivity contribution < 1.29 is 10.2 Å². The minimum Gasteiger partial charge on any atom is -0.378 e. The molecule has 1 heterocycles. The van der Waals surface area contributed by atoms with Crippen LogP contribution in [0.15, 0.2) is 97.1 Å². The number of hydrogen-bond acceptors (Lipinski definition) is 2. The lowest BCUT2D eigenvalue weighted by atomic mass is 9.70. The Morgan fingerprint density at radius 1 is 0.508 bits per heavy atom. The minimum atomic E-state index is -1.09. The summed E-state index contributed by atoms with van der Waals surface area (Å²) in [6.07, 6.45) is 15.3. The molecule has 0 atom stereocenters. The third-order valence-corrected chi connectivity index (χ3v) is 12.7. The SMILES string of the molecule is CCCCCCCC1(CCCCCCC)c2cc(I)ccc2-c2ccc(C#Cc3ccc(-n4c5ccc(C#CC(C)(C)O)cc5c5cc(C#CC(C)(C)O)ccc54)cc3)cc21. The zero-order valence-electron chi connectivity index (χ0n) is 36.9. The second kappa shape index (κ2) is 19.1. The van der Waals surface area contributed by atoms with Gasteiger partial charge in [0.15, 0.2) is 0 Å². The van der Waals surface area contributed by atoms with E-state index in [-0.39, 0.29) is 5.41 Å². The highest BCUT2D eigenvalue weighted by molar-refractivity contribution is 14.1. The standard InChI is InChI=1S/C57H60INO2/c1-7-9-11-13-15-33-57(34-16-14-12-10-8-2)51-39-42(21-27-47(51)48-28-24-45(58)40-52(48)57)18-17-41-19-25-46(26-20-41)59-53-29-22-43(31-35-55(3,4)60)37-49(53)50-38-44(23-30-54(50)59)32-36-56(5,6)61/h19-30,37-40,60-61H,7-16,33-34H2,1-6H3. The first-order valence-corrected chi connectivity index (χ1v) is 23.5. The van der Waals surface area contributed by atoms with Crippen molar-refractivity contribution >= 4 is 44.4 Å². The fraction of sp³-hybridized carbons (Fsp3) is 0.368. The summed E-state index contributed by atoms with van der Waals surface area (Å²) in [5, 5.41) is 22.6. The summed E-state index contributed by atoms with van der Waals surface area (Å²) in [5.41, 5.74) is 10.5. The van der Waals surface area contributed by atoms with E-state index in [4.69, 9.17) is 0 Å². The summed E-state index contributed by atoms with van der Waals surface area (Å²) in [6.45, 7) is 11.4. The number of rotatable bonds is 13. The van der Waals surface area contributed by atoms with Crippen molar-refractivity contribution in [2.24, 2.45) is 0 Å². The van der Waals surface area contributed by atoms with E-state index in [9.17, 15) is 10.2 Å². The van der Waals surface area contributed by atoms with E-state index in [2.05, 4.69) is 161 Å². The molecule has 1 aliphatic carbocycles. The van der Waals surface area contributed by atoms with E-state index in [0.29, 0.717) is 0 Å². The number of aliphatic hydroxyl groups is 2. The fourth-order valence-electron chi connectivity index (χ4n) is 9.01. The van der Waals surface area contributed by atoms with Gasteiger partial charge in [0.05, 0.1) is 11.0 Å². The molecule has 6 aromatic rings. The molecule has 1 aliphatic rings. The van der Waals surface area contributed by atoms with Gasteiger partial charge in [-0.2, -0.15) is 0 Å². The monoisotopic (exact) mass is 917 g/mol. The Morgan fingerprint density at radius 2 is 0.951 bits per heavy atom. The Bertz CT molecular complexity index is 2620. The van der Waals surface area contributed by atoms with Crippen LogP contribution in [-0.2, 0) is 5.41 Å². The van der Waals surface area contributed by atoms with Crippen molar-refractivity contribution in [1.82, 2.24) is 4.57 Å². The van der Waals surface area contributed by atoms with E-state index in [1.54, 1.807) is 27.7 Å². The molecule has 0 aliphatic heterocycles. The lowest BCUT2D eigenvalue weighted by Gasteiger charge is -2.33. The van der Waals surface area contributed by atoms with Crippen LogP contribution in [0.4, 0.5) is 0 Å². The summed E-state index contributed by atoms with van der Waals surface area (Å²) < 4.78 is 3.59. The quantitative estimate of drug-likeness (QED) is 0.0689.